The molecule has 1 N–H and O–H groups in total. The van der Waals surface area contributed by atoms with Gasteiger partial charge in [0.1, 0.15) is 10.8 Å². The summed E-state index contributed by atoms with van der Waals surface area (Å²) in [6.07, 6.45) is 3.36. The number of aromatic nitrogens is 2. The van der Waals surface area contributed by atoms with Crippen LogP contribution in [-0.2, 0) is 11.3 Å². The third-order valence-electron chi connectivity index (χ3n) is 2.58. The minimum Gasteiger partial charge on any atom is -0.383 e. The van der Waals surface area contributed by atoms with Gasteiger partial charge in [0.25, 0.3) is 5.91 Å². The Morgan fingerprint density at radius 2 is 2.32 bits per heavy atom. The molecule has 0 bridgehead atoms. The minimum atomic E-state index is -0.190. The van der Waals surface area contributed by atoms with Crippen LogP contribution in [0.2, 0.25) is 5.15 Å². The van der Waals surface area contributed by atoms with Crippen molar-refractivity contribution in [2.24, 2.45) is 0 Å². The second kappa shape index (κ2) is 6.36. The van der Waals surface area contributed by atoms with Crippen molar-refractivity contribution in [3.63, 3.8) is 0 Å². The molecule has 1 amide bonds. The molecule has 0 fully saturated rings. The van der Waals surface area contributed by atoms with Crippen LogP contribution < -0.4 is 5.32 Å². The van der Waals surface area contributed by atoms with E-state index < -0.39 is 0 Å². The van der Waals surface area contributed by atoms with Gasteiger partial charge >= 0.3 is 0 Å². The smallest absolute Gasteiger partial charge is 0.272 e. The van der Waals surface area contributed by atoms with Gasteiger partial charge in [0.05, 0.1) is 18.5 Å². The van der Waals surface area contributed by atoms with Gasteiger partial charge in [0, 0.05) is 19.9 Å². The van der Waals surface area contributed by atoms with E-state index in [1.807, 2.05) is 16.8 Å². The summed E-state index contributed by atoms with van der Waals surface area (Å²) in [6, 6.07) is 6.91. The van der Waals surface area contributed by atoms with Crippen molar-refractivity contribution in [1.82, 2.24) is 9.55 Å². The van der Waals surface area contributed by atoms with E-state index >= 15 is 0 Å². The van der Waals surface area contributed by atoms with E-state index in [2.05, 4.69) is 10.3 Å². The lowest BCUT2D eigenvalue weighted by molar-refractivity contribution is 0.101. The molecule has 0 unspecified atom stereocenters. The zero-order valence-electron chi connectivity index (χ0n) is 10.5. The van der Waals surface area contributed by atoms with E-state index in [-0.39, 0.29) is 5.91 Å². The Hall–Kier alpha value is -1.85. The fourth-order valence-electron chi connectivity index (χ4n) is 1.65. The number of nitrogens with zero attached hydrogens (tertiary/aromatic N) is 2. The number of rotatable bonds is 5. The summed E-state index contributed by atoms with van der Waals surface area (Å²) in [7, 11) is 1.63. The van der Waals surface area contributed by atoms with Crippen LogP contribution >= 0.6 is 11.6 Å². The largest absolute Gasteiger partial charge is 0.383 e. The molecular weight excluding hydrogens is 266 g/mol. The first-order valence-corrected chi connectivity index (χ1v) is 6.15. The van der Waals surface area contributed by atoms with Gasteiger partial charge in [-0.25, -0.2) is 4.98 Å². The molecule has 2 rings (SSSR count). The molecular formula is C13H14ClN3O2. The number of hydrogen-bond acceptors (Lipinski definition) is 3. The standard InChI is InChI=1S/C13H14ClN3O2/c1-19-8-7-17-6-2-3-11(17)13(18)16-10-4-5-12(14)15-9-10/h2-6,9H,7-8H2,1H3,(H,16,18). The van der Waals surface area contributed by atoms with Gasteiger partial charge < -0.3 is 14.6 Å². The molecule has 100 valence electrons. The zero-order valence-corrected chi connectivity index (χ0v) is 11.2. The lowest BCUT2D eigenvalue weighted by Crippen LogP contribution is -2.18. The average molecular weight is 280 g/mol. The molecule has 5 nitrogen and oxygen atoms in total. The van der Waals surface area contributed by atoms with Crippen LogP contribution in [0.3, 0.4) is 0 Å². The highest BCUT2D eigenvalue weighted by molar-refractivity contribution is 6.29. The molecule has 2 aromatic heterocycles. The SMILES string of the molecule is COCCn1cccc1C(=O)Nc1ccc(Cl)nc1. The Labute approximate surface area is 116 Å². The van der Waals surface area contributed by atoms with Crippen LogP contribution in [0.15, 0.2) is 36.7 Å². The maximum absolute atomic E-state index is 12.1. The Morgan fingerprint density at radius 1 is 1.47 bits per heavy atom. The lowest BCUT2D eigenvalue weighted by Gasteiger charge is -2.09. The number of nitrogens with one attached hydrogen (secondary N) is 1. The summed E-state index contributed by atoms with van der Waals surface area (Å²) < 4.78 is 6.84. The number of carbonyl (C=O) groups is 1. The van der Waals surface area contributed by atoms with Crippen molar-refractivity contribution in [2.45, 2.75) is 6.54 Å². The minimum absolute atomic E-state index is 0.190. The maximum Gasteiger partial charge on any atom is 0.272 e. The first-order chi connectivity index (χ1) is 9.20. The molecule has 0 aliphatic carbocycles. The number of anilines is 1. The predicted molar refractivity (Wildman–Crippen MR) is 73.5 cm³/mol. The van der Waals surface area contributed by atoms with Crippen molar-refractivity contribution in [3.8, 4) is 0 Å². The quantitative estimate of drug-likeness (QED) is 0.855. The van der Waals surface area contributed by atoms with Gasteiger partial charge in [-0.1, -0.05) is 11.6 Å². The van der Waals surface area contributed by atoms with Gasteiger partial charge in [0.15, 0.2) is 0 Å². The van der Waals surface area contributed by atoms with Crippen molar-refractivity contribution in [1.29, 1.82) is 0 Å². The number of amides is 1. The van der Waals surface area contributed by atoms with Gasteiger partial charge in [-0.2, -0.15) is 0 Å². The van der Waals surface area contributed by atoms with Crippen LogP contribution in [0.1, 0.15) is 10.5 Å². The normalized spacial score (nSPS) is 10.4. The molecule has 0 saturated carbocycles. The number of halogens is 1. The Balaban J connectivity index is 2.07. The summed E-state index contributed by atoms with van der Waals surface area (Å²) >= 11 is 5.69. The lowest BCUT2D eigenvalue weighted by atomic mass is 10.3. The Kier molecular flexibility index (Phi) is 4.54. The molecule has 2 heterocycles. The molecule has 0 spiro atoms. The monoisotopic (exact) mass is 279 g/mol. The van der Waals surface area contributed by atoms with Crippen LogP contribution in [-0.4, -0.2) is 29.2 Å². The summed E-state index contributed by atoms with van der Waals surface area (Å²) in [5.41, 5.74) is 1.18. The maximum atomic E-state index is 12.1. The van der Waals surface area contributed by atoms with E-state index in [1.54, 1.807) is 25.3 Å². The van der Waals surface area contributed by atoms with Crippen molar-refractivity contribution < 1.29 is 9.53 Å². The molecule has 0 radical (unpaired) electrons. The second-order valence-electron chi connectivity index (χ2n) is 3.90. The van der Waals surface area contributed by atoms with Gasteiger partial charge in [-0.05, 0) is 24.3 Å². The molecule has 0 atom stereocenters. The summed E-state index contributed by atoms with van der Waals surface area (Å²) in [4.78, 5) is 16.0. The van der Waals surface area contributed by atoms with Crippen molar-refractivity contribution in [3.05, 3.63) is 47.5 Å². The highest BCUT2D eigenvalue weighted by Crippen LogP contribution is 2.12. The first-order valence-electron chi connectivity index (χ1n) is 5.77. The molecule has 0 aliphatic heterocycles. The molecule has 0 saturated heterocycles. The van der Waals surface area contributed by atoms with Crippen LogP contribution in [0.4, 0.5) is 5.69 Å². The second-order valence-corrected chi connectivity index (χ2v) is 4.29. The topological polar surface area (TPSA) is 56.1 Å². The average Bonchev–Trinajstić information content (AvgIpc) is 2.87. The third-order valence-corrected chi connectivity index (χ3v) is 2.81. The molecule has 19 heavy (non-hydrogen) atoms. The van der Waals surface area contributed by atoms with E-state index in [0.717, 1.165) is 0 Å². The van der Waals surface area contributed by atoms with Crippen LogP contribution in [0, 0.1) is 0 Å². The number of pyridine rings is 1. The van der Waals surface area contributed by atoms with Crippen LogP contribution in [0.5, 0.6) is 0 Å². The number of methoxy groups -OCH3 is 1. The number of carbonyl (C=O) groups excluding carboxylic acids is 1. The fraction of sp³-hybridized carbons (Fsp3) is 0.231. The first kappa shape index (κ1) is 13.6. The van der Waals surface area contributed by atoms with E-state index in [0.29, 0.717) is 29.7 Å². The zero-order chi connectivity index (χ0) is 13.7. The summed E-state index contributed by atoms with van der Waals surface area (Å²) in [5.74, 6) is -0.190. The van der Waals surface area contributed by atoms with E-state index in [9.17, 15) is 4.79 Å². The van der Waals surface area contributed by atoms with E-state index in [1.165, 1.54) is 6.20 Å². The fourth-order valence-corrected chi connectivity index (χ4v) is 1.76. The Morgan fingerprint density at radius 3 is 3.00 bits per heavy atom. The van der Waals surface area contributed by atoms with E-state index in [4.69, 9.17) is 16.3 Å². The van der Waals surface area contributed by atoms with Crippen molar-refractivity contribution >= 4 is 23.2 Å². The van der Waals surface area contributed by atoms with Gasteiger partial charge in [-0.3, -0.25) is 4.79 Å². The highest BCUT2D eigenvalue weighted by atomic mass is 35.5. The van der Waals surface area contributed by atoms with Crippen LogP contribution in [0.25, 0.3) is 0 Å². The highest BCUT2D eigenvalue weighted by Gasteiger charge is 2.10. The summed E-state index contributed by atoms with van der Waals surface area (Å²) in [5, 5.41) is 3.16. The molecule has 0 aromatic carbocycles. The van der Waals surface area contributed by atoms with Crippen molar-refractivity contribution in [2.75, 3.05) is 19.0 Å². The van der Waals surface area contributed by atoms with Gasteiger partial charge in [0.2, 0.25) is 0 Å². The van der Waals surface area contributed by atoms with Gasteiger partial charge in [-0.15, -0.1) is 0 Å². The third kappa shape index (κ3) is 3.56. The summed E-state index contributed by atoms with van der Waals surface area (Å²) in [6.45, 7) is 1.18. The predicted octanol–water partition coefficient (Wildman–Crippen LogP) is 2.44. The molecule has 0 aliphatic rings. The molecule has 2 aromatic rings. The number of ether oxygens (including phenoxy) is 1. The number of hydrogen-bond donors (Lipinski definition) is 1. The Bertz CT molecular complexity index is 551. The molecule has 6 heteroatoms.